The zero-order valence-electron chi connectivity index (χ0n) is 11.7. The monoisotopic (exact) mass is 290 g/mol. The van der Waals surface area contributed by atoms with E-state index in [1.807, 2.05) is 44.2 Å². The maximum absolute atomic E-state index is 11.9. The second-order valence-electron chi connectivity index (χ2n) is 4.30. The first-order chi connectivity index (χ1) is 9.72. The van der Waals surface area contributed by atoms with Crippen molar-refractivity contribution < 1.29 is 4.79 Å². The zero-order chi connectivity index (χ0) is 14.4. The fraction of sp³-hybridized carbons (Fsp3) is 0.357. The topological polar surface area (TPSA) is 58.1 Å². The maximum atomic E-state index is 11.9. The van der Waals surface area contributed by atoms with E-state index in [0.29, 0.717) is 17.5 Å². The molecule has 0 aliphatic carbocycles. The lowest BCUT2D eigenvalue weighted by atomic mass is 10.2. The van der Waals surface area contributed by atoms with E-state index in [9.17, 15) is 4.79 Å². The number of aromatic nitrogens is 2. The molecule has 106 valence electrons. The van der Waals surface area contributed by atoms with Crippen molar-refractivity contribution >= 4 is 22.6 Å². The summed E-state index contributed by atoms with van der Waals surface area (Å²) in [6, 6.07) is 9.72. The van der Waals surface area contributed by atoms with Gasteiger partial charge in [-0.3, -0.25) is 15.0 Å². The highest BCUT2D eigenvalue weighted by molar-refractivity contribution is 7.10. The first kappa shape index (κ1) is 14.6. The average Bonchev–Trinajstić information content (AvgIpc) is 2.94. The molecule has 20 heavy (non-hydrogen) atoms. The summed E-state index contributed by atoms with van der Waals surface area (Å²) >= 11 is 1.20. The Balaban J connectivity index is 1.98. The van der Waals surface area contributed by atoms with Crippen molar-refractivity contribution in [2.45, 2.75) is 13.8 Å². The Hall–Kier alpha value is -1.79. The lowest BCUT2D eigenvalue weighted by Crippen LogP contribution is -2.32. The number of nitrogens with one attached hydrogen (secondary N) is 1. The van der Waals surface area contributed by atoms with Crippen LogP contribution in [0, 0.1) is 0 Å². The van der Waals surface area contributed by atoms with Crippen molar-refractivity contribution in [3.63, 3.8) is 0 Å². The normalized spacial score (nSPS) is 10.8. The summed E-state index contributed by atoms with van der Waals surface area (Å²) in [5.41, 5.74) is 0.952. The van der Waals surface area contributed by atoms with E-state index >= 15 is 0 Å². The van der Waals surface area contributed by atoms with E-state index in [0.717, 1.165) is 18.7 Å². The third-order valence-electron chi connectivity index (χ3n) is 2.97. The van der Waals surface area contributed by atoms with Crippen LogP contribution in [0.25, 0.3) is 11.4 Å². The molecule has 6 heteroatoms. The number of nitrogens with zero attached hydrogens (tertiary/aromatic N) is 3. The summed E-state index contributed by atoms with van der Waals surface area (Å²) in [6.45, 7) is 6.17. The Bertz CT molecular complexity index is 551. The van der Waals surface area contributed by atoms with Crippen LogP contribution in [0.3, 0.4) is 0 Å². The van der Waals surface area contributed by atoms with Gasteiger partial charge in [-0.15, -0.1) is 0 Å². The van der Waals surface area contributed by atoms with Gasteiger partial charge in [0.1, 0.15) is 0 Å². The highest BCUT2D eigenvalue weighted by Gasteiger charge is 2.11. The molecule has 0 radical (unpaired) electrons. The molecule has 1 aromatic carbocycles. The van der Waals surface area contributed by atoms with Crippen molar-refractivity contribution in [1.29, 1.82) is 0 Å². The van der Waals surface area contributed by atoms with Crippen molar-refractivity contribution in [2.24, 2.45) is 0 Å². The number of likely N-dealkylation sites (N-methyl/N-ethyl adjacent to an activating group) is 1. The Morgan fingerprint density at radius 1 is 1.25 bits per heavy atom. The molecule has 0 atom stereocenters. The van der Waals surface area contributed by atoms with E-state index in [1.165, 1.54) is 11.5 Å². The third-order valence-corrected chi connectivity index (χ3v) is 3.60. The highest BCUT2D eigenvalue weighted by Crippen LogP contribution is 2.20. The van der Waals surface area contributed by atoms with Crippen LogP contribution in [0.15, 0.2) is 30.3 Å². The Labute approximate surface area is 122 Å². The first-order valence-corrected chi connectivity index (χ1v) is 7.41. The summed E-state index contributed by atoms with van der Waals surface area (Å²) in [5.74, 6) is 0.596. The molecule has 5 nitrogen and oxygen atoms in total. The predicted octanol–water partition coefficient (Wildman–Crippen LogP) is 2.49. The van der Waals surface area contributed by atoms with Gasteiger partial charge in [0, 0.05) is 17.1 Å². The van der Waals surface area contributed by atoms with Crippen LogP contribution in [0.5, 0.6) is 0 Å². The molecule has 0 bridgehead atoms. The van der Waals surface area contributed by atoms with Crippen molar-refractivity contribution in [3.8, 4) is 11.4 Å². The smallest absolute Gasteiger partial charge is 0.240 e. The van der Waals surface area contributed by atoms with Crippen molar-refractivity contribution in [1.82, 2.24) is 14.3 Å². The van der Waals surface area contributed by atoms with Crippen LogP contribution < -0.4 is 5.32 Å². The second kappa shape index (κ2) is 7.12. The number of amides is 1. The van der Waals surface area contributed by atoms with Crippen LogP contribution in [0.4, 0.5) is 5.13 Å². The van der Waals surface area contributed by atoms with Crippen molar-refractivity contribution in [2.75, 3.05) is 25.0 Å². The molecule has 1 aromatic heterocycles. The van der Waals surface area contributed by atoms with Gasteiger partial charge in [0.05, 0.1) is 6.54 Å². The Kier molecular flexibility index (Phi) is 5.20. The van der Waals surface area contributed by atoms with Crippen LogP contribution in [0.1, 0.15) is 13.8 Å². The molecular formula is C14H18N4OS. The quantitative estimate of drug-likeness (QED) is 0.888. The minimum absolute atomic E-state index is 0.0514. The van der Waals surface area contributed by atoms with Gasteiger partial charge in [-0.2, -0.15) is 9.36 Å². The SMILES string of the molecule is CCN(CC)CC(=O)Nc1nc(-c2ccccc2)ns1. The molecule has 0 aliphatic rings. The van der Waals surface area contributed by atoms with Gasteiger partial charge in [-0.1, -0.05) is 44.2 Å². The number of anilines is 1. The fourth-order valence-electron chi connectivity index (χ4n) is 1.79. The molecule has 0 spiro atoms. The van der Waals surface area contributed by atoms with Crippen LogP contribution >= 0.6 is 11.5 Å². The first-order valence-electron chi connectivity index (χ1n) is 6.64. The molecule has 0 saturated heterocycles. The third kappa shape index (κ3) is 3.85. The zero-order valence-corrected chi connectivity index (χ0v) is 12.5. The molecule has 0 unspecified atom stereocenters. The second-order valence-corrected chi connectivity index (χ2v) is 5.05. The molecule has 1 heterocycles. The molecule has 1 amide bonds. The minimum atomic E-state index is -0.0514. The summed E-state index contributed by atoms with van der Waals surface area (Å²) in [7, 11) is 0. The highest BCUT2D eigenvalue weighted by atomic mass is 32.1. The summed E-state index contributed by atoms with van der Waals surface area (Å²) < 4.78 is 4.26. The van der Waals surface area contributed by atoms with Gasteiger partial charge >= 0.3 is 0 Å². The van der Waals surface area contributed by atoms with E-state index in [-0.39, 0.29) is 5.91 Å². The average molecular weight is 290 g/mol. The predicted molar refractivity (Wildman–Crippen MR) is 81.8 cm³/mol. The Morgan fingerprint density at radius 3 is 2.60 bits per heavy atom. The van der Waals surface area contributed by atoms with Gasteiger partial charge < -0.3 is 0 Å². The van der Waals surface area contributed by atoms with E-state index in [2.05, 4.69) is 19.6 Å². The molecule has 0 saturated carbocycles. The molecule has 2 rings (SSSR count). The number of benzene rings is 1. The van der Waals surface area contributed by atoms with E-state index in [1.54, 1.807) is 0 Å². The summed E-state index contributed by atoms with van der Waals surface area (Å²) in [6.07, 6.45) is 0. The number of hydrogen-bond acceptors (Lipinski definition) is 5. The standard InChI is InChI=1S/C14H18N4OS/c1-3-18(4-2)10-12(19)15-14-16-13(17-20-14)11-8-6-5-7-9-11/h5-9H,3-4,10H2,1-2H3,(H,15,16,17,19). The lowest BCUT2D eigenvalue weighted by Gasteiger charge is -2.16. The molecular weight excluding hydrogens is 272 g/mol. The Morgan fingerprint density at radius 2 is 1.95 bits per heavy atom. The maximum Gasteiger partial charge on any atom is 0.240 e. The van der Waals surface area contributed by atoms with Gasteiger partial charge in [-0.25, -0.2) is 0 Å². The van der Waals surface area contributed by atoms with Gasteiger partial charge in [0.2, 0.25) is 11.0 Å². The van der Waals surface area contributed by atoms with Crippen LogP contribution in [-0.4, -0.2) is 39.8 Å². The summed E-state index contributed by atoms with van der Waals surface area (Å²) in [5, 5.41) is 3.34. The van der Waals surface area contributed by atoms with Gasteiger partial charge in [0.25, 0.3) is 0 Å². The molecule has 0 fully saturated rings. The fourth-order valence-corrected chi connectivity index (χ4v) is 2.39. The van der Waals surface area contributed by atoms with E-state index < -0.39 is 0 Å². The molecule has 0 aliphatic heterocycles. The van der Waals surface area contributed by atoms with E-state index in [4.69, 9.17) is 0 Å². The largest absolute Gasteiger partial charge is 0.300 e. The molecule has 1 N–H and O–H groups in total. The van der Waals surface area contributed by atoms with Crippen LogP contribution in [-0.2, 0) is 4.79 Å². The van der Waals surface area contributed by atoms with Crippen molar-refractivity contribution in [3.05, 3.63) is 30.3 Å². The number of hydrogen-bond donors (Lipinski definition) is 1. The molecule has 2 aromatic rings. The summed E-state index contributed by atoms with van der Waals surface area (Å²) in [4.78, 5) is 18.3. The van der Waals surface area contributed by atoms with Gasteiger partial charge in [-0.05, 0) is 13.1 Å². The number of carbonyl (C=O) groups excluding carboxylic acids is 1. The van der Waals surface area contributed by atoms with Crippen LogP contribution in [0.2, 0.25) is 0 Å². The number of carbonyl (C=O) groups is 1. The minimum Gasteiger partial charge on any atom is -0.300 e. The lowest BCUT2D eigenvalue weighted by molar-refractivity contribution is -0.117. The number of rotatable bonds is 6. The van der Waals surface area contributed by atoms with Gasteiger partial charge in [0.15, 0.2) is 5.82 Å².